The van der Waals surface area contributed by atoms with Gasteiger partial charge >= 0.3 is 12.1 Å². The molecule has 0 aliphatic carbocycles. The van der Waals surface area contributed by atoms with Crippen molar-refractivity contribution in [1.29, 1.82) is 5.41 Å². The zero-order chi connectivity index (χ0) is 14.7. The van der Waals surface area contributed by atoms with E-state index in [0.29, 0.717) is 13.1 Å². The Hall–Kier alpha value is -1.24. The van der Waals surface area contributed by atoms with Crippen LogP contribution < -0.4 is 10.6 Å². The Morgan fingerprint density at radius 3 is 1.79 bits per heavy atom. The predicted molar refractivity (Wildman–Crippen MR) is 79.7 cm³/mol. The van der Waals surface area contributed by atoms with Crippen molar-refractivity contribution >= 4 is 29.0 Å². The minimum atomic E-state index is -0.540. The third-order valence-electron chi connectivity index (χ3n) is 2.42. The first-order valence-electron chi connectivity index (χ1n) is 6.56. The van der Waals surface area contributed by atoms with Crippen molar-refractivity contribution in [3.05, 3.63) is 0 Å². The Morgan fingerprint density at radius 1 is 1.05 bits per heavy atom. The summed E-state index contributed by atoms with van der Waals surface area (Å²) in [7, 11) is 0. The highest BCUT2D eigenvalue weighted by Crippen LogP contribution is 2.04. The summed E-state index contributed by atoms with van der Waals surface area (Å²) in [6.07, 6.45) is 5.28. The van der Waals surface area contributed by atoms with Crippen LogP contribution in [0.2, 0.25) is 0 Å². The lowest BCUT2D eigenvalue weighted by atomic mass is 10.3. The summed E-state index contributed by atoms with van der Waals surface area (Å²) in [6, 6.07) is -1.08. The topological polar surface area (TPSA) is 85.3 Å². The van der Waals surface area contributed by atoms with Gasteiger partial charge in [-0.15, -0.1) is 0 Å². The lowest BCUT2D eigenvalue weighted by Gasteiger charge is -2.20. The highest BCUT2D eigenvalue weighted by molar-refractivity contribution is 8.13. The number of urea groups is 2. The van der Waals surface area contributed by atoms with E-state index in [-0.39, 0.29) is 5.17 Å². The molecule has 0 aromatic heterocycles. The maximum Gasteiger partial charge on any atom is 0.331 e. The van der Waals surface area contributed by atoms with Gasteiger partial charge in [0, 0.05) is 13.1 Å². The third-order valence-corrected chi connectivity index (χ3v) is 2.99. The minimum absolute atomic E-state index is 0.0806. The average Bonchev–Trinajstić information content (AvgIpc) is 2.39. The number of nitrogens with one attached hydrogen (secondary N) is 3. The van der Waals surface area contributed by atoms with E-state index in [2.05, 4.69) is 10.6 Å². The molecule has 0 atom stereocenters. The van der Waals surface area contributed by atoms with Crippen LogP contribution in [0.4, 0.5) is 9.59 Å². The van der Waals surface area contributed by atoms with Crippen molar-refractivity contribution in [2.24, 2.45) is 0 Å². The molecule has 0 unspecified atom stereocenters. The number of unbranched alkanes of at least 4 members (excludes halogenated alkanes) is 2. The van der Waals surface area contributed by atoms with Crippen LogP contribution in [0.5, 0.6) is 0 Å². The fourth-order valence-electron chi connectivity index (χ4n) is 1.27. The normalized spacial score (nSPS) is 9.84. The highest BCUT2D eigenvalue weighted by Gasteiger charge is 2.24. The summed E-state index contributed by atoms with van der Waals surface area (Å²) in [4.78, 5) is 24.6. The fourth-order valence-corrected chi connectivity index (χ4v) is 1.62. The first-order valence-corrected chi connectivity index (χ1v) is 7.79. The van der Waals surface area contributed by atoms with Gasteiger partial charge in [0.1, 0.15) is 0 Å². The molecule has 0 aliphatic heterocycles. The maximum atomic E-state index is 11.9. The highest BCUT2D eigenvalue weighted by atomic mass is 32.2. The van der Waals surface area contributed by atoms with Crippen molar-refractivity contribution in [2.45, 2.75) is 39.5 Å². The monoisotopic (exact) mass is 288 g/mol. The molecule has 19 heavy (non-hydrogen) atoms. The van der Waals surface area contributed by atoms with E-state index in [1.54, 1.807) is 6.26 Å². The van der Waals surface area contributed by atoms with Crippen molar-refractivity contribution in [1.82, 2.24) is 15.5 Å². The van der Waals surface area contributed by atoms with E-state index in [4.69, 9.17) is 5.41 Å². The number of amidine groups is 1. The summed E-state index contributed by atoms with van der Waals surface area (Å²) in [6.45, 7) is 5.06. The first kappa shape index (κ1) is 17.8. The number of hydrogen-bond acceptors (Lipinski definition) is 4. The standard InChI is InChI=1S/C12H24N4O2S/c1-4-6-8-14-11(17)16(10(13)19-3)12(18)15-9-7-5-2/h13H,4-9H2,1-3H3,(H,14,17)(H,15,18). The van der Waals surface area contributed by atoms with Gasteiger partial charge in [-0.05, 0) is 19.1 Å². The number of carbonyl (C=O) groups is 2. The zero-order valence-corrected chi connectivity index (χ0v) is 12.7. The second-order valence-corrected chi connectivity index (χ2v) is 4.81. The quantitative estimate of drug-likeness (QED) is 0.399. The van der Waals surface area contributed by atoms with Crippen LogP contribution in [0.3, 0.4) is 0 Å². The van der Waals surface area contributed by atoms with E-state index in [1.165, 1.54) is 0 Å². The molecule has 0 rings (SSSR count). The molecule has 4 amide bonds. The minimum Gasteiger partial charge on any atom is -0.337 e. The van der Waals surface area contributed by atoms with Gasteiger partial charge in [0.05, 0.1) is 0 Å². The third kappa shape index (κ3) is 7.05. The Bertz CT molecular complexity index is 288. The molecule has 0 saturated carbocycles. The number of hydrogen-bond donors (Lipinski definition) is 3. The number of imide groups is 1. The van der Waals surface area contributed by atoms with Crippen LogP contribution in [0.1, 0.15) is 39.5 Å². The molecule has 3 N–H and O–H groups in total. The van der Waals surface area contributed by atoms with E-state index in [0.717, 1.165) is 42.3 Å². The van der Waals surface area contributed by atoms with Gasteiger partial charge in [0.15, 0.2) is 5.17 Å². The van der Waals surface area contributed by atoms with Crippen molar-refractivity contribution in [3.63, 3.8) is 0 Å². The van der Waals surface area contributed by atoms with Gasteiger partial charge in [-0.1, -0.05) is 38.5 Å². The van der Waals surface area contributed by atoms with E-state index in [9.17, 15) is 9.59 Å². The first-order chi connectivity index (χ1) is 9.08. The number of thioether (sulfide) groups is 1. The smallest absolute Gasteiger partial charge is 0.331 e. The summed E-state index contributed by atoms with van der Waals surface area (Å²) >= 11 is 1.06. The summed E-state index contributed by atoms with van der Waals surface area (Å²) in [5.74, 6) is 0. The molecule has 0 fully saturated rings. The van der Waals surface area contributed by atoms with Crippen LogP contribution in [0.25, 0.3) is 0 Å². The number of nitrogens with zero attached hydrogens (tertiary/aromatic N) is 1. The molecule has 7 heteroatoms. The predicted octanol–water partition coefficient (Wildman–Crippen LogP) is 2.61. The van der Waals surface area contributed by atoms with Gasteiger partial charge in [0.2, 0.25) is 0 Å². The largest absolute Gasteiger partial charge is 0.337 e. The Labute approximate surface area is 119 Å². The molecule has 0 aliphatic rings. The second kappa shape index (κ2) is 10.7. The fraction of sp³-hybridized carbons (Fsp3) is 0.750. The van der Waals surface area contributed by atoms with Crippen LogP contribution >= 0.6 is 11.8 Å². The zero-order valence-electron chi connectivity index (χ0n) is 11.9. The van der Waals surface area contributed by atoms with Crippen molar-refractivity contribution < 1.29 is 9.59 Å². The van der Waals surface area contributed by atoms with Gasteiger partial charge < -0.3 is 10.6 Å². The van der Waals surface area contributed by atoms with Gasteiger partial charge in [-0.25, -0.2) is 9.59 Å². The van der Waals surface area contributed by atoms with Gasteiger partial charge in [0.25, 0.3) is 0 Å². The van der Waals surface area contributed by atoms with Crippen molar-refractivity contribution in [3.8, 4) is 0 Å². The van der Waals surface area contributed by atoms with E-state index >= 15 is 0 Å². The molecule has 0 heterocycles. The average molecular weight is 288 g/mol. The molecule has 0 saturated heterocycles. The SMILES string of the molecule is CCCCNC(=O)N(C(=N)SC)C(=O)NCCCC. The second-order valence-electron chi connectivity index (χ2n) is 4.02. The lowest BCUT2D eigenvalue weighted by Crippen LogP contribution is -2.50. The Kier molecular flexibility index (Phi) is 9.97. The summed E-state index contributed by atoms with van der Waals surface area (Å²) in [5, 5.41) is 12.9. The number of rotatable bonds is 6. The number of carbonyl (C=O) groups excluding carboxylic acids is 2. The molecule has 0 spiro atoms. The lowest BCUT2D eigenvalue weighted by molar-refractivity contribution is 0.205. The van der Waals surface area contributed by atoms with Crippen LogP contribution in [0, 0.1) is 5.41 Å². The molecule has 110 valence electrons. The molecular formula is C12H24N4O2S. The van der Waals surface area contributed by atoms with Crippen LogP contribution in [-0.4, -0.2) is 41.5 Å². The molecule has 0 aromatic carbocycles. The summed E-state index contributed by atoms with van der Waals surface area (Å²) in [5.41, 5.74) is 0. The van der Waals surface area contributed by atoms with Crippen LogP contribution in [-0.2, 0) is 0 Å². The molecule has 6 nitrogen and oxygen atoms in total. The molecular weight excluding hydrogens is 264 g/mol. The van der Waals surface area contributed by atoms with Gasteiger partial charge in [-0.3, -0.25) is 5.41 Å². The maximum absolute atomic E-state index is 11.9. The number of amides is 4. The molecule has 0 aromatic rings. The van der Waals surface area contributed by atoms with E-state index < -0.39 is 12.1 Å². The van der Waals surface area contributed by atoms with E-state index in [1.807, 2.05) is 13.8 Å². The Balaban J connectivity index is 4.48. The Morgan fingerprint density at radius 2 is 1.47 bits per heavy atom. The van der Waals surface area contributed by atoms with Crippen molar-refractivity contribution in [2.75, 3.05) is 19.3 Å². The summed E-state index contributed by atoms with van der Waals surface area (Å²) < 4.78 is 0. The van der Waals surface area contributed by atoms with Gasteiger partial charge in [-0.2, -0.15) is 4.90 Å². The molecule has 0 radical (unpaired) electrons. The van der Waals surface area contributed by atoms with Crippen LogP contribution in [0.15, 0.2) is 0 Å². The molecule has 0 bridgehead atoms.